The third-order valence-electron chi connectivity index (χ3n) is 2.89. The molecule has 0 saturated heterocycles. The van der Waals surface area contributed by atoms with E-state index in [-0.39, 0.29) is 0 Å². The number of ether oxygens (including phenoxy) is 1. The molecule has 0 amide bonds. The zero-order valence-electron chi connectivity index (χ0n) is 9.81. The molecule has 0 N–H and O–H groups in total. The van der Waals surface area contributed by atoms with E-state index in [0.29, 0.717) is 6.42 Å². The fourth-order valence-electron chi connectivity index (χ4n) is 1.38. The van der Waals surface area contributed by atoms with Crippen molar-refractivity contribution in [2.75, 3.05) is 7.11 Å². The van der Waals surface area contributed by atoms with Gasteiger partial charge < -0.3 is 4.74 Å². The first-order valence-electron chi connectivity index (χ1n) is 5.10. The third kappa shape index (κ3) is 2.34. The van der Waals surface area contributed by atoms with Gasteiger partial charge in [-0.25, -0.2) is 13.2 Å². The van der Waals surface area contributed by atoms with Crippen molar-refractivity contribution in [1.29, 1.82) is 0 Å². The van der Waals surface area contributed by atoms with E-state index in [2.05, 4.69) is 0 Å². The number of carbonyl (C=O) groups excluding carboxylic acids is 1. The highest BCUT2D eigenvalue weighted by Crippen LogP contribution is 2.24. The number of ketones is 1. The van der Waals surface area contributed by atoms with Crippen LogP contribution in [0.2, 0.25) is 0 Å². The van der Waals surface area contributed by atoms with Gasteiger partial charge in [0.05, 0.1) is 5.56 Å². The van der Waals surface area contributed by atoms with Crippen LogP contribution in [0.25, 0.3) is 0 Å². The minimum absolute atomic E-state index is 0.292. The first-order chi connectivity index (χ1) is 7.87. The number of hydrogen-bond acceptors (Lipinski definition) is 2. The summed E-state index contributed by atoms with van der Waals surface area (Å²) in [5, 5.41) is 0. The minimum atomic E-state index is -1.65. The molecule has 17 heavy (non-hydrogen) atoms. The van der Waals surface area contributed by atoms with Gasteiger partial charge in [0.15, 0.2) is 23.2 Å². The van der Waals surface area contributed by atoms with Gasteiger partial charge in [-0.3, -0.25) is 4.79 Å². The molecule has 1 unspecified atom stereocenters. The largest absolute Gasteiger partial charge is 0.370 e. The summed E-state index contributed by atoms with van der Waals surface area (Å²) in [6.45, 7) is 3.15. The molecule has 0 aliphatic carbocycles. The number of benzene rings is 1. The molecule has 94 valence electrons. The second-order valence-corrected chi connectivity index (χ2v) is 3.84. The summed E-state index contributed by atoms with van der Waals surface area (Å²) in [7, 11) is 1.30. The Balaban J connectivity index is 3.27. The van der Waals surface area contributed by atoms with Crippen molar-refractivity contribution >= 4 is 5.78 Å². The van der Waals surface area contributed by atoms with Crippen molar-refractivity contribution in [2.24, 2.45) is 0 Å². The average molecular weight is 246 g/mol. The van der Waals surface area contributed by atoms with E-state index >= 15 is 0 Å². The lowest BCUT2D eigenvalue weighted by atomic mass is 9.91. The van der Waals surface area contributed by atoms with Crippen molar-refractivity contribution in [1.82, 2.24) is 0 Å². The quantitative estimate of drug-likeness (QED) is 0.602. The van der Waals surface area contributed by atoms with Gasteiger partial charge in [0.25, 0.3) is 0 Å². The lowest BCUT2D eigenvalue weighted by molar-refractivity contribution is 0.0102. The summed E-state index contributed by atoms with van der Waals surface area (Å²) in [6.07, 6.45) is 0.292. The van der Waals surface area contributed by atoms with Crippen LogP contribution in [0.5, 0.6) is 0 Å². The predicted octanol–water partition coefficient (Wildman–Crippen LogP) is 3.10. The fraction of sp³-hybridized carbons (Fsp3) is 0.417. The first kappa shape index (κ1) is 13.7. The summed E-state index contributed by atoms with van der Waals surface area (Å²) in [6, 6.07) is 1.64. The van der Waals surface area contributed by atoms with Crippen LogP contribution in [0.15, 0.2) is 12.1 Å². The maximum atomic E-state index is 13.4. The van der Waals surface area contributed by atoms with E-state index in [1.54, 1.807) is 6.92 Å². The Labute approximate surface area is 97.4 Å². The van der Waals surface area contributed by atoms with Crippen molar-refractivity contribution < 1.29 is 22.7 Å². The molecular formula is C12H13F3O2. The fourth-order valence-corrected chi connectivity index (χ4v) is 1.38. The standard InChI is InChI=1S/C12H13F3O2/c1-4-12(2,17-3)11(16)7-5-6-8(13)10(15)9(7)14/h5-6H,4H2,1-3H3. The summed E-state index contributed by atoms with van der Waals surface area (Å²) >= 11 is 0. The highest BCUT2D eigenvalue weighted by molar-refractivity contribution is 6.02. The molecule has 2 nitrogen and oxygen atoms in total. The molecule has 0 aliphatic heterocycles. The molecule has 0 aromatic heterocycles. The molecule has 0 fully saturated rings. The molecule has 0 spiro atoms. The van der Waals surface area contributed by atoms with E-state index < -0.39 is 34.4 Å². The van der Waals surface area contributed by atoms with E-state index in [1.165, 1.54) is 14.0 Å². The molecule has 0 radical (unpaired) electrons. The Hall–Kier alpha value is -1.36. The summed E-state index contributed by atoms with van der Waals surface area (Å²) in [5.74, 6) is -5.16. The highest BCUT2D eigenvalue weighted by atomic mass is 19.2. The van der Waals surface area contributed by atoms with Gasteiger partial charge in [0.2, 0.25) is 0 Å². The van der Waals surface area contributed by atoms with Crippen LogP contribution in [0.4, 0.5) is 13.2 Å². The van der Waals surface area contributed by atoms with Crippen LogP contribution in [0.1, 0.15) is 30.6 Å². The summed E-state index contributed by atoms with van der Waals surface area (Å²) in [4.78, 5) is 12.0. The van der Waals surface area contributed by atoms with Crippen LogP contribution in [0, 0.1) is 17.5 Å². The highest BCUT2D eigenvalue weighted by Gasteiger charge is 2.34. The molecule has 0 heterocycles. The van der Waals surface area contributed by atoms with Crippen molar-refractivity contribution in [2.45, 2.75) is 25.9 Å². The molecular weight excluding hydrogens is 233 g/mol. The number of carbonyl (C=O) groups is 1. The Kier molecular flexibility index (Phi) is 3.93. The number of rotatable bonds is 4. The number of halogens is 3. The van der Waals surface area contributed by atoms with E-state index in [4.69, 9.17) is 4.74 Å². The Bertz CT molecular complexity index is 440. The van der Waals surface area contributed by atoms with Crippen LogP contribution in [-0.4, -0.2) is 18.5 Å². The normalized spacial score (nSPS) is 14.5. The monoisotopic (exact) mass is 246 g/mol. The van der Waals surface area contributed by atoms with Gasteiger partial charge in [-0.15, -0.1) is 0 Å². The molecule has 1 aromatic rings. The van der Waals surface area contributed by atoms with Crippen LogP contribution in [-0.2, 0) is 4.74 Å². The van der Waals surface area contributed by atoms with E-state index in [0.717, 1.165) is 12.1 Å². The molecule has 5 heteroatoms. The van der Waals surface area contributed by atoms with Gasteiger partial charge in [-0.1, -0.05) is 6.92 Å². The minimum Gasteiger partial charge on any atom is -0.370 e. The number of methoxy groups -OCH3 is 1. The molecule has 1 rings (SSSR count). The van der Waals surface area contributed by atoms with Gasteiger partial charge in [0.1, 0.15) is 5.60 Å². The van der Waals surface area contributed by atoms with Crippen LogP contribution >= 0.6 is 0 Å². The van der Waals surface area contributed by atoms with Crippen molar-refractivity contribution in [3.8, 4) is 0 Å². The van der Waals surface area contributed by atoms with Crippen LogP contribution in [0.3, 0.4) is 0 Å². The second-order valence-electron chi connectivity index (χ2n) is 3.84. The van der Waals surface area contributed by atoms with Gasteiger partial charge in [0, 0.05) is 7.11 Å². The summed E-state index contributed by atoms with van der Waals surface area (Å²) in [5.41, 5.74) is -1.75. The zero-order chi connectivity index (χ0) is 13.2. The van der Waals surface area contributed by atoms with Gasteiger partial charge in [-0.05, 0) is 25.5 Å². The third-order valence-corrected chi connectivity index (χ3v) is 2.89. The SMILES string of the molecule is CCC(C)(OC)C(=O)c1ccc(F)c(F)c1F. The van der Waals surface area contributed by atoms with E-state index in [1.807, 2.05) is 0 Å². The Morgan fingerprint density at radius 3 is 2.35 bits per heavy atom. The maximum Gasteiger partial charge on any atom is 0.197 e. The smallest absolute Gasteiger partial charge is 0.197 e. The average Bonchev–Trinajstić information content (AvgIpc) is 2.34. The maximum absolute atomic E-state index is 13.4. The molecule has 0 aliphatic rings. The van der Waals surface area contributed by atoms with Crippen molar-refractivity contribution in [3.63, 3.8) is 0 Å². The Morgan fingerprint density at radius 1 is 1.29 bits per heavy atom. The Morgan fingerprint density at radius 2 is 1.88 bits per heavy atom. The molecule has 0 bridgehead atoms. The number of Topliss-reactive ketones (excluding diaryl/α,β-unsaturated/α-hetero) is 1. The van der Waals surface area contributed by atoms with E-state index in [9.17, 15) is 18.0 Å². The molecule has 0 saturated carbocycles. The predicted molar refractivity (Wildman–Crippen MR) is 56.4 cm³/mol. The van der Waals surface area contributed by atoms with Gasteiger partial charge >= 0.3 is 0 Å². The zero-order valence-corrected chi connectivity index (χ0v) is 9.81. The summed E-state index contributed by atoms with van der Waals surface area (Å²) < 4.78 is 44.2. The topological polar surface area (TPSA) is 26.3 Å². The second kappa shape index (κ2) is 4.87. The first-order valence-corrected chi connectivity index (χ1v) is 5.10. The van der Waals surface area contributed by atoms with Crippen LogP contribution < -0.4 is 0 Å². The number of hydrogen-bond donors (Lipinski definition) is 0. The lowest BCUT2D eigenvalue weighted by Gasteiger charge is -2.25. The van der Waals surface area contributed by atoms with Gasteiger partial charge in [-0.2, -0.15) is 0 Å². The molecule has 1 aromatic carbocycles. The van der Waals surface area contributed by atoms with Crippen molar-refractivity contribution in [3.05, 3.63) is 35.1 Å². The lowest BCUT2D eigenvalue weighted by Crippen LogP contribution is -2.37. The molecule has 1 atom stereocenters.